The summed E-state index contributed by atoms with van der Waals surface area (Å²) in [5.41, 5.74) is 3.29. The molecule has 0 unspecified atom stereocenters. The molecular weight excluding hydrogens is 369 g/mol. The van der Waals surface area contributed by atoms with Gasteiger partial charge in [0.1, 0.15) is 0 Å². The predicted octanol–water partition coefficient (Wildman–Crippen LogP) is 1.91. The number of benzene rings is 2. The van der Waals surface area contributed by atoms with Gasteiger partial charge in [-0.1, -0.05) is 5.22 Å². The van der Waals surface area contributed by atoms with Gasteiger partial charge in [-0.15, -0.1) is 5.11 Å². The first-order chi connectivity index (χ1) is 10.7. The topological polar surface area (TPSA) is 145 Å². The summed E-state index contributed by atoms with van der Waals surface area (Å²) in [5.74, 6) is 0. The zero-order valence-corrected chi connectivity index (χ0v) is 16.0. The van der Waals surface area contributed by atoms with Crippen molar-refractivity contribution in [2.24, 2.45) is 10.3 Å². The Bertz CT molecular complexity index is 926. The number of rotatable bonds is 5. The quantitative estimate of drug-likeness (QED) is 0.311. The Labute approximate surface area is 160 Å². The summed E-state index contributed by atoms with van der Waals surface area (Å²) in [5, 5.41) is 7.41. The average Bonchev–Trinajstić information content (AvgIpc) is 2.46. The van der Waals surface area contributed by atoms with Crippen molar-refractivity contribution in [3.8, 4) is 0 Å². The fourth-order valence-corrected chi connectivity index (χ4v) is 2.49. The largest absolute Gasteiger partial charge is 0.294 e. The molecule has 0 saturated heterocycles. The fourth-order valence-electron chi connectivity index (χ4n) is 1.53. The summed E-state index contributed by atoms with van der Waals surface area (Å²) in [6, 6.07) is 10.2. The van der Waals surface area contributed by atoms with E-state index in [0.29, 0.717) is 11.4 Å². The molecule has 0 heterocycles. The SMILES string of the molecule is O=S(=O)(O)c1ccc(N=NNc2ccc(S(=O)(=O)O)cc2)cc1.[Na]. The van der Waals surface area contributed by atoms with Gasteiger partial charge in [0.05, 0.1) is 21.2 Å². The third kappa shape index (κ3) is 5.94. The maximum Gasteiger partial charge on any atom is 0.294 e. The second-order valence-electron chi connectivity index (χ2n) is 4.28. The van der Waals surface area contributed by atoms with Crippen LogP contribution in [0.15, 0.2) is 68.7 Å². The molecule has 3 N–H and O–H groups in total. The van der Waals surface area contributed by atoms with E-state index in [0.717, 1.165) is 0 Å². The molecule has 9 nitrogen and oxygen atoms in total. The molecule has 0 fully saturated rings. The van der Waals surface area contributed by atoms with E-state index in [1.165, 1.54) is 48.5 Å². The van der Waals surface area contributed by atoms with Gasteiger partial charge < -0.3 is 0 Å². The summed E-state index contributed by atoms with van der Waals surface area (Å²) in [4.78, 5) is -0.508. The second kappa shape index (κ2) is 8.16. The summed E-state index contributed by atoms with van der Waals surface area (Å²) in [6.07, 6.45) is 0. The van der Waals surface area contributed by atoms with Gasteiger partial charge in [-0.3, -0.25) is 14.5 Å². The van der Waals surface area contributed by atoms with Gasteiger partial charge in [-0.2, -0.15) is 16.8 Å². The van der Waals surface area contributed by atoms with Crippen molar-refractivity contribution in [1.82, 2.24) is 0 Å². The van der Waals surface area contributed by atoms with Gasteiger partial charge in [0.15, 0.2) is 0 Å². The first-order valence-corrected chi connectivity index (χ1v) is 8.86. The molecule has 0 atom stereocenters. The molecule has 12 heteroatoms. The Morgan fingerprint density at radius 3 is 1.58 bits per heavy atom. The summed E-state index contributed by atoms with van der Waals surface area (Å²) < 4.78 is 61.2. The molecule has 123 valence electrons. The van der Waals surface area contributed by atoms with Crippen LogP contribution < -0.4 is 5.43 Å². The van der Waals surface area contributed by atoms with Crippen LogP contribution in [0.25, 0.3) is 0 Å². The van der Waals surface area contributed by atoms with Crippen LogP contribution >= 0.6 is 0 Å². The molecule has 0 saturated carbocycles. The molecule has 0 aromatic heterocycles. The van der Waals surface area contributed by atoms with E-state index in [1.54, 1.807) is 0 Å². The Morgan fingerprint density at radius 2 is 1.17 bits per heavy atom. The van der Waals surface area contributed by atoms with E-state index in [9.17, 15) is 16.8 Å². The number of nitrogens with one attached hydrogen (secondary N) is 1. The third-order valence-corrected chi connectivity index (χ3v) is 4.37. The Balaban J connectivity index is 0.00000288. The molecule has 0 amide bonds. The van der Waals surface area contributed by atoms with Crippen LogP contribution in [0, 0.1) is 0 Å². The van der Waals surface area contributed by atoms with E-state index in [4.69, 9.17) is 9.11 Å². The molecule has 24 heavy (non-hydrogen) atoms. The molecule has 1 radical (unpaired) electrons. The van der Waals surface area contributed by atoms with E-state index in [-0.39, 0.29) is 39.3 Å². The van der Waals surface area contributed by atoms with Crippen molar-refractivity contribution in [1.29, 1.82) is 0 Å². The minimum Gasteiger partial charge on any atom is -0.282 e. The molecule has 2 rings (SSSR count). The van der Waals surface area contributed by atoms with Crippen molar-refractivity contribution < 1.29 is 25.9 Å². The van der Waals surface area contributed by atoms with Crippen LogP contribution in [0.1, 0.15) is 0 Å². The van der Waals surface area contributed by atoms with E-state index >= 15 is 0 Å². The van der Waals surface area contributed by atoms with Crippen molar-refractivity contribution in [3.05, 3.63) is 48.5 Å². The molecule has 0 bridgehead atoms. The van der Waals surface area contributed by atoms with Crippen LogP contribution in [0.5, 0.6) is 0 Å². The van der Waals surface area contributed by atoms with Gasteiger partial charge in [0.2, 0.25) is 0 Å². The van der Waals surface area contributed by atoms with Crippen molar-refractivity contribution in [2.45, 2.75) is 9.79 Å². The molecule has 2 aromatic rings. The molecule has 2 aromatic carbocycles. The van der Waals surface area contributed by atoms with Gasteiger partial charge in [0, 0.05) is 29.6 Å². The van der Waals surface area contributed by atoms with Gasteiger partial charge in [0.25, 0.3) is 20.2 Å². The fraction of sp³-hybridized carbons (Fsp3) is 0. The molecule has 0 aliphatic carbocycles. The van der Waals surface area contributed by atoms with Gasteiger partial charge >= 0.3 is 0 Å². The third-order valence-electron chi connectivity index (χ3n) is 2.63. The van der Waals surface area contributed by atoms with Crippen molar-refractivity contribution >= 4 is 61.2 Å². The Morgan fingerprint density at radius 1 is 0.750 bits per heavy atom. The molecular formula is C12H11N3NaO6S2. The smallest absolute Gasteiger partial charge is 0.282 e. The predicted molar refractivity (Wildman–Crippen MR) is 86.4 cm³/mol. The Kier molecular flexibility index (Phi) is 7.04. The maximum atomic E-state index is 10.9. The van der Waals surface area contributed by atoms with Gasteiger partial charge in [-0.25, -0.2) is 0 Å². The zero-order chi connectivity index (χ0) is 17.1. The number of hydrogen-bond acceptors (Lipinski definition) is 6. The number of anilines is 1. The van der Waals surface area contributed by atoms with E-state index in [2.05, 4.69) is 15.8 Å². The first-order valence-electron chi connectivity index (χ1n) is 5.98. The van der Waals surface area contributed by atoms with Crippen molar-refractivity contribution in [2.75, 3.05) is 5.43 Å². The van der Waals surface area contributed by atoms with Crippen LogP contribution in [0.3, 0.4) is 0 Å². The number of nitrogens with zero attached hydrogens (tertiary/aromatic N) is 2. The molecule has 0 spiro atoms. The molecule has 0 aliphatic rings. The first kappa shape index (κ1) is 20.7. The van der Waals surface area contributed by atoms with Crippen LogP contribution in [-0.4, -0.2) is 55.5 Å². The van der Waals surface area contributed by atoms with E-state index in [1.807, 2.05) is 0 Å². The Hall–Kier alpha value is -1.34. The average molecular weight is 380 g/mol. The summed E-state index contributed by atoms with van der Waals surface area (Å²) in [6.45, 7) is 0. The van der Waals surface area contributed by atoms with Crippen LogP contribution in [0.4, 0.5) is 11.4 Å². The molecule has 0 aliphatic heterocycles. The monoisotopic (exact) mass is 380 g/mol. The summed E-state index contributed by atoms with van der Waals surface area (Å²) >= 11 is 0. The van der Waals surface area contributed by atoms with Gasteiger partial charge in [-0.05, 0) is 48.5 Å². The van der Waals surface area contributed by atoms with Crippen LogP contribution in [-0.2, 0) is 20.2 Å². The minimum atomic E-state index is -4.26. The normalized spacial score (nSPS) is 11.9. The minimum absolute atomic E-state index is 0. The summed E-state index contributed by atoms with van der Waals surface area (Å²) in [7, 11) is -8.51. The van der Waals surface area contributed by atoms with Crippen molar-refractivity contribution in [3.63, 3.8) is 0 Å². The van der Waals surface area contributed by atoms with E-state index < -0.39 is 20.2 Å². The zero-order valence-electron chi connectivity index (χ0n) is 12.4. The standard InChI is InChI=1S/C12H11N3O6S2.Na/c16-22(17,18)11-5-1-9(2-6-11)13-15-14-10-3-7-12(8-4-10)23(19,20)21;/h1-8H,(H,13,14)(H,16,17,18)(H,19,20,21);. The number of hydrogen-bond donors (Lipinski definition) is 3. The maximum absolute atomic E-state index is 10.9. The van der Waals surface area contributed by atoms with Crippen LogP contribution in [0.2, 0.25) is 0 Å². The second-order valence-corrected chi connectivity index (χ2v) is 7.12.